The zero-order chi connectivity index (χ0) is 12.3. The molecule has 0 atom stereocenters. The Morgan fingerprint density at radius 2 is 2.12 bits per heavy atom. The molecule has 1 radical (unpaired) electrons. The molecule has 5 heteroatoms. The van der Waals surface area contributed by atoms with Crippen LogP contribution in [-0.2, 0) is 0 Å². The van der Waals surface area contributed by atoms with Crippen LogP contribution in [-0.4, -0.2) is 40.8 Å². The Balaban J connectivity index is 1.80. The highest BCUT2D eigenvalue weighted by atomic mass is 16.2. The van der Waals surface area contributed by atoms with Crippen LogP contribution in [0.15, 0.2) is 12.4 Å². The van der Waals surface area contributed by atoms with Gasteiger partial charge < -0.3 is 10.2 Å². The second-order valence-corrected chi connectivity index (χ2v) is 4.77. The Kier molecular flexibility index (Phi) is 3.66. The van der Waals surface area contributed by atoms with Gasteiger partial charge in [0.1, 0.15) is 0 Å². The fraction of sp³-hybridized carbons (Fsp3) is 0.667. The first-order valence-corrected chi connectivity index (χ1v) is 6.05. The van der Waals surface area contributed by atoms with Gasteiger partial charge in [-0.15, -0.1) is 0 Å². The Labute approximate surface area is 102 Å². The van der Waals surface area contributed by atoms with Crippen LogP contribution in [0.4, 0.5) is 4.79 Å². The van der Waals surface area contributed by atoms with E-state index >= 15 is 0 Å². The Bertz CT molecular complexity index is 353. The second kappa shape index (κ2) is 5.21. The van der Waals surface area contributed by atoms with Gasteiger partial charge in [0.05, 0.1) is 12.2 Å². The van der Waals surface area contributed by atoms with E-state index in [0.717, 1.165) is 25.7 Å². The van der Waals surface area contributed by atoms with Gasteiger partial charge in [0, 0.05) is 32.4 Å². The lowest BCUT2D eigenvalue weighted by Gasteiger charge is -2.30. The first-order valence-electron chi connectivity index (χ1n) is 6.05. The number of rotatable bonds is 2. The van der Waals surface area contributed by atoms with E-state index in [0.29, 0.717) is 12.1 Å². The molecule has 17 heavy (non-hydrogen) atoms. The Morgan fingerprint density at radius 1 is 1.41 bits per heavy atom. The van der Waals surface area contributed by atoms with E-state index in [-0.39, 0.29) is 6.03 Å². The summed E-state index contributed by atoms with van der Waals surface area (Å²) >= 11 is 0. The number of amides is 2. The molecular formula is C12H19N4O. The third kappa shape index (κ3) is 2.99. The topological polar surface area (TPSA) is 50.2 Å². The van der Waals surface area contributed by atoms with E-state index in [9.17, 15) is 4.79 Å². The summed E-state index contributed by atoms with van der Waals surface area (Å²) in [6.45, 7) is 0. The molecule has 1 aliphatic rings. The van der Waals surface area contributed by atoms with Gasteiger partial charge in [-0.2, -0.15) is 5.10 Å². The van der Waals surface area contributed by atoms with Crippen LogP contribution in [0.5, 0.6) is 0 Å². The summed E-state index contributed by atoms with van der Waals surface area (Å²) in [5, 5.41) is 7.25. The normalized spacial score (nSPS) is 24.4. The number of urea groups is 1. The van der Waals surface area contributed by atoms with Gasteiger partial charge in [0.2, 0.25) is 0 Å². The highest BCUT2D eigenvalue weighted by Crippen LogP contribution is 2.27. The van der Waals surface area contributed by atoms with E-state index in [1.165, 1.54) is 0 Å². The standard InChI is InChI=1S/C12H19N4O/c1-15(2)12(17)14-10-4-6-11(7-5-10)16-9-3-8-13-16/h8-11H,4-7H2,1-2H3,(H,14,17)/t10-,11-. The molecule has 1 N–H and O–H groups in total. The summed E-state index contributed by atoms with van der Waals surface area (Å²) < 4.78 is 1.98. The summed E-state index contributed by atoms with van der Waals surface area (Å²) in [7, 11) is 3.53. The van der Waals surface area contributed by atoms with E-state index in [1.54, 1.807) is 25.2 Å². The van der Waals surface area contributed by atoms with Crippen molar-refractivity contribution < 1.29 is 4.79 Å². The third-order valence-electron chi connectivity index (χ3n) is 3.28. The van der Waals surface area contributed by atoms with Crippen molar-refractivity contribution in [2.45, 2.75) is 37.8 Å². The molecule has 1 saturated carbocycles. The minimum absolute atomic E-state index is 0.000808. The van der Waals surface area contributed by atoms with Gasteiger partial charge in [-0.25, -0.2) is 4.79 Å². The number of nitrogens with one attached hydrogen (secondary N) is 1. The van der Waals surface area contributed by atoms with Crippen LogP contribution in [0.25, 0.3) is 0 Å². The molecule has 1 heterocycles. The maximum atomic E-state index is 11.5. The number of hydrogen-bond acceptors (Lipinski definition) is 2. The molecule has 5 nitrogen and oxygen atoms in total. The zero-order valence-electron chi connectivity index (χ0n) is 10.4. The van der Waals surface area contributed by atoms with Crippen LogP contribution in [0.3, 0.4) is 0 Å². The highest BCUT2D eigenvalue weighted by molar-refractivity contribution is 5.73. The summed E-state index contributed by atoms with van der Waals surface area (Å²) in [6, 6.07) is 3.73. The highest BCUT2D eigenvalue weighted by Gasteiger charge is 2.23. The molecule has 0 aromatic carbocycles. The molecule has 93 valence electrons. The summed E-state index contributed by atoms with van der Waals surface area (Å²) in [6.07, 6.45) is 7.75. The van der Waals surface area contributed by atoms with E-state index in [1.807, 2.05) is 10.9 Å². The number of hydrogen-bond donors (Lipinski definition) is 1. The minimum atomic E-state index is 0.000808. The van der Waals surface area contributed by atoms with Crippen molar-refractivity contribution >= 4 is 6.03 Å². The fourth-order valence-corrected chi connectivity index (χ4v) is 2.23. The minimum Gasteiger partial charge on any atom is -0.335 e. The van der Waals surface area contributed by atoms with Gasteiger partial charge in [0.15, 0.2) is 0 Å². The second-order valence-electron chi connectivity index (χ2n) is 4.77. The summed E-state index contributed by atoms with van der Waals surface area (Å²) in [5.41, 5.74) is 0. The Hall–Kier alpha value is -1.52. The molecule has 1 aliphatic carbocycles. The zero-order valence-corrected chi connectivity index (χ0v) is 10.4. The Morgan fingerprint density at radius 3 is 2.65 bits per heavy atom. The van der Waals surface area contributed by atoms with Crippen molar-refractivity contribution in [1.82, 2.24) is 20.0 Å². The third-order valence-corrected chi connectivity index (χ3v) is 3.28. The first-order chi connectivity index (χ1) is 8.16. The van der Waals surface area contributed by atoms with E-state index in [2.05, 4.69) is 16.5 Å². The molecule has 2 amide bonds. The largest absolute Gasteiger partial charge is 0.335 e. The SMILES string of the molecule is CN(C)C(=O)N[C@H]1CC[C@H](n2c[c]cn2)CC1. The molecule has 0 saturated heterocycles. The maximum Gasteiger partial charge on any atom is 0.317 e. The molecule has 0 bridgehead atoms. The lowest BCUT2D eigenvalue weighted by Crippen LogP contribution is -2.43. The van der Waals surface area contributed by atoms with Gasteiger partial charge in [-0.3, -0.25) is 4.68 Å². The molecule has 1 fully saturated rings. The van der Waals surface area contributed by atoms with Crippen molar-refractivity contribution in [2.24, 2.45) is 0 Å². The number of aromatic nitrogens is 2. The fourth-order valence-electron chi connectivity index (χ4n) is 2.23. The monoisotopic (exact) mass is 235 g/mol. The van der Waals surface area contributed by atoms with E-state index in [4.69, 9.17) is 0 Å². The number of carbonyl (C=O) groups is 1. The maximum absolute atomic E-state index is 11.5. The molecule has 0 aliphatic heterocycles. The molecule has 2 rings (SSSR count). The average Bonchev–Trinajstić information content (AvgIpc) is 2.83. The molecule has 1 aromatic rings. The quantitative estimate of drug-likeness (QED) is 0.843. The lowest BCUT2D eigenvalue weighted by atomic mass is 9.91. The van der Waals surface area contributed by atoms with Gasteiger partial charge in [-0.05, 0) is 25.7 Å². The van der Waals surface area contributed by atoms with Crippen molar-refractivity contribution in [3.05, 3.63) is 18.5 Å². The molecule has 0 unspecified atom stereocenters. The van der Waals surface area contributed by atoms with Crippen LogP contribution >= 0.6 is 0 Å². The number of nitrogens with zero attached hydrogens (tertiary/aromatic N) is 3. The average molecular weight is 235 g/mol. The molecule has 0 spiro atoms. The predicted molar refractivity (Wildman–Crippen MR) is 64.6 cm³/mol. The van der Waals surface area contributed by atoms with Gasteiger partial charge in [0.25, 0.3) is 0 Å². The van der Waals surface area contributed by atoms with Crippen LogP contribution < -0.4 is 5.32 Å². The molecule has 1 aromatic heterocycles. The van der Waals surface area contributed by atoms with Crippen molar-refractivity contribution in [3.8, 4) is 0 Å². The van der Waals surface area contributed by atoms with Crippen LogP contribution in [0, 0.1) is 6.07 Å². The predicted octanol–water partition coefficient (Wildman–Crippen LogP) is 1.44. The summed E-state index contributed by atoms with van der Waals surface area (Å²) in [5.74, 6) is 0. The smallest absolute Gasteiger partial charge is 0.317 e. The van der Waals surface area contributed by atoms with Crippen LogP contribution in [0.1, 0.15) is 31.7 Å². The number of carbonyl (C=O) groups excluding carboxylic acids is 1. The molecular weight excluding hydrogens is 216 g/mol. The van der Waals surface area contributed by atoms with E-state index < -0.39 is 0 Å². The summed E-state index contributed by atoms with van der Waals surface area (Å²) in [4.78, 5) is 13.1. The lowest BCUT2D eigenvalue weighted by molar-refractivity contribution is 0.203. The van der Waals surface area contributed by atoms with Crippen molar-refractivity contribution in [3.63, 3.8) is 0 Å². The van der Waals surface area contributed by atoms with Gasteiger partial charge in [-0.1, -0.05) is 0 Å². The van der Waals surface area contributed by atoms with Crippen LogP contribution in [0.2, 0.25) is 0 Å². The van der Waals surface area contributed by atoms with Crippen molar-refractivity contribution in [2.75, 3.05) is 14.1 Å². The van der Waals surface area contributed by atoms with Crippen molar-refractivity contribution in [1.29, 1.82) is 0 Å². The first kappa shape index (κ1) is 12.0. The van der Waals surface area contributed by atoms with Gasteiger partial charge >= 0.3 is 6.03 Å².